The standard InChI is InChI=1S/C12H17NO2/c1-13-8-9(6-7-14)12-10(13)4-3-5-11(12)15-2/h3-5,9,14H,6-8H2,1-2H3. The minimum absolute atomic E-state index is 0.232. The largest absolute Gasteiger partial charge is 0.496 e. The molecule has 3 heteroatoms. The van der Waals surface area contributed by atoms with Gasteiger partial charge in [0.2, 0.25) is 0 Å². The monoisotopic (exact) mass is 207 g/mol. The molecule has 0 saturated carbocycles. The van der Waals surface area contributed by atoms with Gasteiger partial charge >= 0.3 is 0 Å². The lowest BCUT2D eigenvalue weighted by molar-refractivity contribution is 0.276. The Hall–Kier alpha value is -1.22. The van der Waals surface area contributed by atoms with E-state index in [0.29, 0.717) is 5.92 Å². The van der Waals surface area contributed by atoms with Gasteiger partial charge < -0.3 is 14.7 Å². The molecule has 2 rings (SSSR count). The molecule has 0 amide bonds. The first-order chi connectivity index (χ1) is 7.27. The fourth-order valence-electron chi connectivity index (χ4n) is 2.37. The van der Waals surface area contributed by atoms with Crippen LogP contribution in [-0.4, -0.2) is 32.4 Å². The molecule has 0 fully saturated rings. The molecule has 0 radical (unpaired) electrons. The van der Waals surface area contributed by atoms with Crippen LogP contribution >= 0.6 is 0 Å². The highest BCUT2D eigenvalue weighted by molar-refractivity contribution is 5.64. The third-order valence-corrected chi connectivity index (χ3v) is 3.05. The summed E-state index contributed by atoms with van der Waals surface area (Å²) in [6, 6.07) is 6.10. The lowest BCUT2D eigenvalue weighted by Crippen LogP contribution is -2.15. The Balaban J connectivity index is 2.41. The molecular formula is C12H17NO2. The average Bonchev–Trinajstić information content (AvgIpc) is 2.57. The lowest BCUT2D eigenvalue weighted by Gasteiger charge is -2.12. The fraction of sp³-hybridized carbons (Fsp3) is 0.500. The number of nitrogens with zero attached hydrogens (tertiary/aromatic N) is 1. The number of likely N-dealkylation sites (N-methyl/N-ethyl adjacent to an activating group) is 1. The molecule has 0 bridgehead atoms. The van der Waals surface area contributed by atoms with Crippen molar-refractivity contribution in [3.05, 3.63) is 23.8 Å². The second-order valence-corrected chi connectivity index (χ2v) is 3.98. The van der Waals surface area contributed by atoms with Crippen molar-refractivity contribution in [3.63, 3.8) is 0 Å². The van der Waals surface area contributed by atoms with Crippen molar-refractivity contribution in [1.82, 2.24) is 0 Å². The van der Waals surface area contributed by atoms with E-state index >= 15 is 0 Å². The summed E-state index contributed by atoms with van der Waals surface area (Å²) in [6.45, 7) is 1.20. The summed E-state index contributed by atoms with van der Waals surface area (Å²) in [5.41, 5.74) is 2.48. The fourth-order valence-corrected chi connectivity index (χ4v) is 2.37. The molecule has 1 atom stereocenters. The molecule has 1 aromatic rings. The molecular weight excluding hydrogens is 190 g/mol. The van der Waals surface area contributed by atoms with E-state index in [0.717, 1.165) is 18.7 Å². The first-order valence-electron chi connectivity index (χ1n) is 5.26. The molecule has 0 aromatic heterocycles. The molecule has 82 valence electrons. The van der Waals surface area contributed by atoms with Gasteiger partial charge in [-0.25, -0.2) is 0 Å². The van der Waals surface area contributed by atoms with Crippen LogP contribution in [0.2, 0.25) is 0 Å². The summed E-state index contributed by atoms with van der Waals surface area (Å²) >= 11 is 0. The Morgan fingerprint density at radius 3 is 3.00 bits per heavy atom. The number of ether oxygens (including phenoxy) is 1. The highest BCUT2D eigenvalue weighted by atomic mass is 16.5. The minimum atomic E-state index is 0.232. The number of anilines is 1. The summed E-state index contributed by atoms with van der Waals surface area (Å²) in [4.78, 5) is 2.22. The van der Waals surface area contributed by atoms with E-state index < -0.39 is 0 Å². The van der Waals surface area contributed by atoms with Crippen molar-refractivity contribution >= 4 is 5.69 Å². The smallest absolute Gasteiger partial charge is 0.124 e. The summed E-state index contributed by atoms with van der Waals surface area (Å²) in [6.07, 6.45) is 0.803. The summed E-state index contributed by atoms with van der Waals surface area (Å²) in [7, 11) is 3.78. The maximum atomic E-state index is 9.04. The second kappa shape index (κ2) is 4.11. The topological polar surface area (TPSA) is 32.7 Å². The number of fused-ring (bicyclic) bond motifs is 1. The van der Waals surface area contributed by atoms with Gasteiger partial charge in [-0.2, -0.15) is 0 Å². The quantitative estimate of drug-likeness (QED) is 0.817. The molecule has 1 heterocycles. The van der Waals surface area contributed by atoms with Crippen molar-refractivity contribution in [2.75, 3.05) is 32.2 Å². The van der Waals surface area contributed by atoms with Gasteiger partial charge in [0, 0.05) is 37.4 Å². The molecule has 1 aliphatic heterocycles. The van der Waals surface area contributed by atoms with Gasteiger partial charge in [0.15, 0.2) is 0 Å². The first-order valence-corrected chi connectivity index (χ1v) is 5.26. The Labute approximate surface area is 90.3 Å². The normalized spacial score (nSPS) is 19.1. The molecule has 1 unspecified atom stereocenters. The molecule has 1 aromatic carbocycles. The van der Waals surface area contributed by atoms with Gasteiger partial charge in [0.1, 0.15) is 5.75 Å². The van der Waals surface area contributed by atoms with E-state index in [1.165, 1.54) is 11.3 Å². The Morgan fingerprint density at radius 2 is 2.33 bits per heavy atom. The number of benzene rings is 1. The molecule has 1 aliphatic rings. The number of aliphatic hydroxyl groups is 1. The van der Waals surface area contributed by atoms with Crippen LogP contribution in [0.3, 0.4) is 0 Å². The van der Waals surface area contributed by atoms with Crippen LogP contribution in [0.5, 0.6) is 5.75 Å². The zero-order valence-electron chi connectivity index (χ0n) is 9.23. The van der Waals surface area contributed by atoms with Crippen molar-refractivity contribution in [2.45, 2.75) is 12.3 Å². The van der Waals surface area contributed by atoms with Gasteiger partial charge in [0.05, 0.1) is 7.11 Å². The summed E-state index contributed by atoms with van der Waals surface area (Å²) in [5, 5.41) is 9.04. The highest BCUT2D eigenvalue weighted by Gasteiger charge is 2.28. The van der Waals surface area contributed by atoms with E-state index in [4.69, 9.17) is 9.84 Å². The van der Waals surface area contributed by atoms with Crippen LogP contribution in [0.4, 0.5) is 5.69 Å². The van der Waals surface area contributed by atoms with E-state index in [1.807, 2.05) is 12.1 Å². The van der Waals surface area contributed by atoms with E-state index in [2.05, 4.69) is 18.0 Å². The SMILES string of the molecule is COc1cccc2c1C(CCO)CN2C. The summed E-state index contributed by atoms with van der Waals surface area (Å²) in [5.74, 6) is 1.33. The highest BCUT2D eigenvalue weighted by Crippen LogP contribution is 2.42. The number of hydrogen-bond donors (Lipinski definition) is 1. The number of methoxy groups -OCH3 is 1. The predicted octanol–water partition coefficient (Wildman–Crippen LogP) is 1.61. The van der Waals surface area contributed by atoms with Crippen molar-refractivity contribution < 1.29 is 9.84 Å². The van der Waals surface area contributed by atoms with Crippen LogP contribution in [0, 0.1) is 0 Å². The zero-order valence-corrected chi connectivity index (χ0v) is 9.23. The van der Waals surface area contributed by atoms with Gasteiger partial charge in [-0.15, -0.1) is 0 Å². The predicted molar refractivity (Wildman–Crippen MR) is 60.7 cm³/mol. The number of rotatable bonds is 3. The Morgan fingerprint density at radius 1 is 1.53 bits per heavy atom. The van der Waals surface area contributed by atoms with Gasteiger partial charge in [-0.05, 0) is 18.6 Å². The third-order valence-electron chi connectivity index (χ3n) is 3.05. The van der Waals surface area contributed by atoms with Crippen LogP contribution in [0.1, 0.15) is 17.9 Å². The molecule has 1 N–H and O–H groups in total. The van der Waals surface area contributed by atoms with Gasteiger partial charge in [0.25, 0.3) is 0 Å². The number of hydrogen-bond acceptors (Lipinski definition) is 3. The zero-order chi connectivity index (χ0) is 10.8. The lowest BCUT2D eigenvalue weighted by atomic mass is 9.97. The Bertz CT molecular complexity index is 351. The van der Waals surface area contributed by atoms with Gasteiger partial charge in [-0.3, -0.25) is 0 Å². The van der Waals surface area contributed by atoms with Crippen LogP contribution in [-0.2, 0) is 0 Å². The maximum Gasteiger partial charge on any atom is 0.124 e. The van der Waals surface area contributed by atoms with Crippen LogP contribution < -0.4 is 9.64 Å². The molecule has 0 saturated heterocycles. The molecule has 15 heavy (non-hydrogen) atoms. The average molecular weight is 207 g/mol. The first kappa shape index (κ1) is 10.3. The number of aliphatic hydroxyl groups excluding tert-OH is 1. The molecule has 0 spiro atoms. The van der Waals surface area contributed by atoms with Crippen LogP contribution in [0.15, 0.2) is 18.2 Å². The summed E-state index contributed by atoms with van der Waals surface area (Å²) < 4.78 is 5.37. The van der Waals surface area contributed by atoms with E-state index in [-0.39, 0.29) is 6.61 Å². The molecule has 3 nitrogen and oxygen atoms in total. The van der Waals surface area contributed by atoms with Crippen molar-refractivity contribution in [3.8, 4) is 5.75 Å². The van der Waals surface area contributed by atoms with Crippen molar-refractivity contribution in [1.29, 1.82) is 0 Å². The molecule has 0 aliphatic carbocycles. The Kier molecular flexibility index (Phi) is 2.82. The van der Waals surface area contributed by atoms with E-state index in [1.54, 1.807) is 7.11 Å². The van der Waals surface area contributed by atoms with Crippen LogP contribution in [0.25, 0.3) is 0 Å². The minimum Gasteiger partial charge on any atom is -0.496 e. The van der Waals surface area contributed by atoms with Gasteiger partial charge in [-0.1, -0.05) is 6.07 Å². The van der Waals surface area contributed by atoms with Crippen molar-refractivity contribution in [2.24, 2.45) is 0 Å². The van der Waals surface area contributed by atoms with E-state index in [9.17, 15) is 0 Å². The maximum absolute atomic E-state index is 9.04. The second-order valence-electron chi connectivity index (χ2n) is 3.98. The third kappa shape index (κ3) is 1.67.